The van der Waals surface area contributed by atoms with Crippen LogP contribution < -0.4 is 0 Å². The van der Waals surface area contributed by atoms with E-state index >= 15 is 0 Å². The van der Waals surface area contributed by atoms with E-state index in [0.717, 1.165) is 35.1 Å². The summed E-state index contributed by atoms with van der Waals surface area (Å²) in [7, 11) is 1.72. The molecule has 3 aromatic rings. The summed E-state index contributed by atoms with van der Waals surface area (Å²) >= 11 is 0. The number of benzene rings is 1. The van der Waals surface area contributed by atoms with Crippen LogP contribution in [-0.2, 0) is 6.54 Å². The number of hydrogen-bond donors (Lipinski definition) is 1. The molecule has 1 fully saturated rings. The van der Waals surface area contributed by atoms with Crippen molar-refractivity contribution >= 4 is 16.9 Å². The number of pyridine rings is 1. The Balaban J connectivity index is 1.78. The number of carbonyl (C=O) groups is 1. The van der Waals surface area contributed by atoms with E-state index in [4.69, 9.17) is 4.98 Å². The van der Waals surface area contributed by atoms with Gasteiger partial charge in [0, 0.05) is 18.7 Å². The lowest BCUT2D eigenvalue weighted by molar-refractivity contribution is 0.0684. The quantitative estimate of drug-likeness (QED) is 0.730. The first-order chi connectivity index (χ1) is 13.1. The van der Waals surface area contributed by atoms with Gasteiger partial charge in [0.25, 0.3) is 5.91 Å². The van der Waals surface area contributed by atoms with E-state index in [1.165, 1.54) is 0 Å². The van der Waals surface area contributed by atoms with E-state index in [-0.39, 0.29) is 18.6 Å². The van der Waals surface area contributed by atoms with Crippen molar-refractivity contribution in [2.24, 2.45) is 0 Å². The molecular weight excluding hydrogens is 340 g/mol. The zero-order chi connectivity index (χ0) is 19.0. The van der Waals surface area contributed by atoms with Crippen molar-refractivity contribution in [2.45, 2.75) is 38.3 Å². The minimum Gasteiger partial charge on any atom is -0.394 e. The van der Waals surface area contributed by atoms with Crippen LogP contribution >= 0.6 is 0 Å². The third kappa shape index (κ3) is 3.45. The molecule has 1 saturated carbocycles. The van der Waals surface area contributed by atoms with Crippen LogP contribution in [0, 0.1) is 0 Å². The van der Waals surface area contributed by atoms with Gasteiger partial charge in [-0.2, -0.15) is 5.10 Å². The summed E-state index contributed by atoms with van der Waals surface area (Å²) in [5.74, 6) is 0.326. The van der Waals surface area contributed by atoms with E-state index in [0.29, 0.717) is 18.0 Å². The predicted octanol–water partition coefficient (Wildman–Crippen LogP) is 2.81. The van der Waals surface area contributed by atoms with Crippen LogP contribution in [0.15, 0.2) is 42.6 Å². The second kappa shape index (κ2) is 7.12. The molecule has 1 N–H and O–H groups in total. The fraction of sp³-hybridized carbons (Fsp3) is 0.381. The van der Waals surface area contributed by atoms with Gasteiger partial charge in [0.05, 0.1) is 36.3 Å². The van der Waals surface area contributed by atoms with Gasteiger partial charge in [-0.25, -0.2) is 9.67 Å². The molecule has 4 rings (SSSR count). The Bertz CT molecular complexity index is 963. The number of fused-ring (bicyclic) bond motifs is 1. The third-order valence-electron chi connectivity index (χ3n) is 5.28. The summed E-state index contributed by atoms with van der Waals surface area (Å²) in [6.07, 6.45) is 3.95. The standard InChI is InChI=1S/C21H24N4O2/c1-14(13-26)24(2)21(27)17-10-19(16-8-9-16)23-20-18(17)11-22-25(20)12-15-6-4-3-5-7-15/h3-7,10-11,14,16,26H,8-9,12-13H2,1-2H3/t14-/m1/s1. The van der Waals surface area contributed by atoms with Crippen LogP contribution in [0.1, 0.15) is 47.3 Å². The maximum Gasteiger partial charge on any atom is 0.254 e. The second-order valence-electron chi connectivity index (χ2n) is 7.34. The smallest absolute Gasteiger partial charge is 0.254 e. The van der Waals surface area contributed by atoms with Gasteiger partial charge in [0.15, 0.2) is 5.65 Å². The first-order valence-electron chi connectivity index (χ1n) is 9.37. The van der Waals surface area contributed by atoms with Crippen molar-refractivity contribution < 1.29 is 9.90 Å². The lowest BCUT2D eigenvalue weighted by Crippen LogP contribution is -2.37. The monoisotopic (exact) mass is 364 g/mol. The molecule has 0 bridgehead atoms. The van der Waals surface area contributed by atoms with E-state index in [1.807, 2.05) is 35.9 Å². The molecular formula is C21H24N4O2. The highest BCUT2D eigenvalue weighted by Gasteiger charge is 2.29. The fourth-order valence-corrected chi connectivity index (χ4v) is 3.22. The molecule has 6 heteroatoms. The largest absolute Gasteiger partial charge is 0.394 e. The van der Waals surface area contributed by atoms with Crippen LogP contribution in [0.4, 0.5) is 0 Å². The molecule has 0 unspecified atom stereocenters. The summed E-state index contributed by atoms with van der Waals surface area (Å²) < 4.78 is 1.86. The predicted molar refractivity (Wildman–Crippen MR) is 104 cm³/mol. The number of nitrogens with zero attached hydrogens (tertiary/aromatic N) is 4. The Labute approximate surface area is 158 Å². The van der Waals surface area contributed by atoms with Crippen LogP contribution in [0.25, 0.3) is 11.0 Å². The van der Waals surface area contributed by atoms with Crippen LogP contribution in [0.2, 0.25) is 0 Å². The Hall–Kier alpha value is -2.73. The minimum absolute atomic E-state index is 0.0702. The van der Waals surface area contributed by atoms with Gasteiger partial charge in [-0.3, -0.25) is 4.79 Å². The molecule has 1 aliphatic carbocycles. The van der Waals surface area contributed by atoms with Gasteiger partial charge < -0.3 is 10.0 Å². The van der Waals surface area contributed by atoms with Gasteiger partial charge >= 0.3 is 0 Å². The van der Waals surface area contributed by atoms with Gasteiger partial charge in [-0.1, -0.05) is 30.3 Å². The molecule has 1 atom stereocenters. The SMILES string of the molecule is C[C@H](CO)N(C)C(=O)c1cc(C2CC2)nc2c1cnn2Cc1ccccc1. The van der Waals surface area contributed by atoms with Crippen molar-refractivity contribution in [1.29, 1.82) is 0 Å². The number of aliphatic hydroxyl groups is 1. The molecule has 2 heterocycles. The first-order valence-corrected chi connectivity index (χ1v) is 9.37. The number of carbonyl (C=O) groups excluding carboxylic acids is 1. The van der Waals surface area contributed by atoms with Gasteiger partial charge in [-0.15, -0.1) is 0 Å². The molecule has 0 radical (unpaired) electrons. The summed E-state index contributed by atoms with van der Waals surface area (Å²) in [5, 5.41) is 14.7. The molecule has 1 amide bonds. The Morgan fingerprint density at radius 2 is 2.07 bits per heavy atom. The van der Waals surface area contributed by atoms with Gasteiger partial charge in [0.1, 0.15) is 0 Å². The number of amides is 1. The zero-order valence-electron chi connectivity index (χ0n) is 15.7. The van der Waals surface area contributed by atoms with E-state index in [2.05, 4.69) is 17.2 Å². The van der Waals surface area contributed by atoms with Crippen molar-refractivity contribution in [3.8, 4) is 0 Å². The number of hydrogen-bond acceptors (Lipinski definition) is 4. The van der Waals surface area contributed by atoms with Gasteiger partial charge in [-0.05, 0) is 31.4 Å². The molecule has 0 saturated heterocycles. The third-order valence-corrected chi connectivity index (χ3v) is 5.28. The molecule has 1 aromatic carbocycles. The number of aromatic nitrogens is 3. The maximum atomic E-state index is 13.1. The van der Waals surface area contributed by atoms with Crippen molar-refractivity contribution in [2.75, 3.05) is 13.7 Å². The summed E-state index contributed by atoms with van der Waals surface area (Å²) in [4.78, 5) is 19.5. The van der Waals surface area contributed by atoms with E-state index < -0.39 is 0 Å². The van der Waals surface area contributed by atoms with Crippen LogP contribution in [-0.4, -0.2) is 50.4 Å². The Morgan fingerprint density at radius 3 is 2.74 bits per heavy atom. The highest BCUT2D eigenvalue weighted by Crippen LogP contribution is 2.40. The average molecular weight is 364 g/mol. The Morgan fingerprint density at radius 1 is 1.33 bits per heavy atom. The molecule has 0 spiro atoms. The lowest BCUT2D eigenvalue weighted by atomic mass is 10.1. The van der Waals surface area contributed by atoms with Crippen LogP contribution in [0.3, 0.4) is 0 Å². The summed E-state index contributed by atoms with van der Waals surface area (Å²) in [5.41, 5.74) is 3.46. The van der Waals surface area contributed by atoms with Crippen molar-refractivity contribution in [1.82, 2.24) is 19.7 Å². The summed E-state index contributed by atoms with van der Waals surface area (Å²) in [6, 6.07) is 11.8. The Kier molecular flexibility index (Phi) is 4.66. The normalized spacial score (nSPS) is 15.1. The number of rotatable bonds is 6. The maximum absolute atomic E-state index is 13.1. The van der Waals surface area contributed by atoms with Crippen LogP contribution in [0.5, 0.6) is 0 Å². The molecule has 140 valence electrons. The molecule has 6 nitrogen and oxygen atoms in total. The summed E-state index contributed by atoms with van der Waals surface area (Å²) in [6.45, 7) is 2.37. The van der Waals surface area contributed by atoms with E-state index in [1.54, 1.807) is 18.1 Å². The van der Waals surface area contributed by atoms with Crippen molar-refractivity contribution in [3.05, 3.63) is 59.4 Å². The minimum atomic E-state index is -0.246. The molecule has 0 aliphatic heterocycles. The molecule has 27 heavy (non-hydrogen) atoms. The highest BCUT2D eigenvalue weighted by molar-refractivity contribution is 6.05. The lowest BCUT2D eigenvalue weighted by Gasteiger charge is -2.23. The highest BCUT2D eigenvalue weighted by atomic mass is 16.3. The number of likely N-dealkylation sites (N-methyl/N-ethyl adjacent to an activating group) is 1. The molecule has 1 aliphatic rings. The van der Waals surface area contributed by atoms with Crippen molar-refractivity contribution in [3.63, 3.8) is 0 Å². The second-order valence-corrected chi connectivity index (χ2v) is 7.34. The topological polar surface area (TPSA) is 71.2 Å². The number of aliphatic hydroxyl groups excluding tert-OH is 1. The van der Waals surface area contributed by atoms with E-state index in [9.17, 15) is 9.90 Å². The van der Waals surface area contributed by atoms with Gasteiger partial charge in [0.2, 0.25) is 0 Å². The molecule has 2 aromatic heterocycles. The zero-order valence-corrected chi connectivity index (χ0v) is 15.7. The first kappa shape index (κ1) is 17.7. The average Bonchev–Trinajstić information content (AvgIpc) is 3.48. The fourth-order valence-electron chi connectivity index (χ4n) is 3.22.